The first kappa shape index (κ1) is 28.2. The fourth-order valence-electron chi connectivity index (χ4n) is 3.41. The molecule has 0 aliphatic rings. The second-order valence-corrected chi connectivity index (χ2v) is 10.6. The topological polar surface area (TPSA) is 90.0 Å². The standard InChI is InChI=1S/C24H32F2N4O4S/c1-6-22(24(32)27-17(2)3)29(15-18-7-9-19(25)10-8-18)23(31)16-30(35(33,34)28(4)5)21-13-11-20(26)12-14-21/h7-14,17,22H,6,15-16H2,1-5H3,(H,27,32). The van der Waals surface area contributed by atoms with Crippen molar-refractivity contribution in [2.45, 2.75) is 45.8 Å². The largest absolute Gasteiger partial charge is 0.352 e. The van der Waals surface area contributed by atoms with Crippen molar-refractivity contribution in [3.8, 4) is 0 Å². The predicted octanol–water partition coefficient (Wildman–Crippen LogP) is 2.91. The molecule has 0 heterocycles. The molecule has 192 valence electrons. The summed E-state index contributed by atoms with van der Waals surface area (Å²) in [5, 5.41) is 2.79. The number of carbonyl (C=O) groups is 2. The highest BCUT2D eigenvalue weighted by Gasteiger charge is 2.33. The van der Waals surface area contributed by atoms with Gasteiger partial charge in [-0.15, -0.1) is 0 Å². The Hall–Kier alpha value is -3.05. The molecular formula is C24H32F2N4O4S. The molecule has 0 radical (unpaired) electrons. The number of nitrogens with one attached hydrogen (secondary N) is 1. The van der Waals surface area contributed by atoms with Crippen LogP contribution in [0.25, 0.3) is 0 Å². The fraction of sp³-hybridized carbons (Fsp3) is 0.417. The highest BCUT2D eigenvalue weighted by molar-refractivity contribution is 7.90. The van der Waals surface area contributed by atoms with Gasteiger partial charge in [-0.25, -0.2) is 13.1 Å². The van der Waals surface area contributed by atoms with E-state index >= 15 is 0 Å². The summed E-state index contributed by atoms with van der Waals surface area (Å²) < 4.78 is 54.8. The number of nitrogens with zero attached hydrogens (tertiary/aromatic N) is 3. The van der Waals surface area contributed by atoms with Gasteiger partial charge in [0.1, 0.15) is 24.2 Å². The first-order valence-electron chi connectivity index (χ1n) is 11.2. The van der Waals surface area contributed by atoms with E-state index in [1.807, 2.05) is 0 Å². The van der Waals surface area contributed by atoms with Gasteiger partial charge in [0, 0.05) is 26.7 Å². The molecule has 0 aliphatic carbocycles. The normalized spacial score (nSPS) is 12.5. The molecule has 0 fully saturated rings. The smallest absolute Gasteiger partial charge is 0.304 e. The summed E-state index contributed by atoms with van der Waals surface area (Å²) in [4.78, 5) is 27.8. The molecule has 2 aromatic rings. The van der Waals surface area contributed by atoms with E-state index in [0.717, 1.165) is 20.7 Å². The summed E-state index contributed by atoms with van der Waals surface area (Å²) in [6.07, 6.45) is 0.266. The summed E-state index contributed by atoms with van der Waals surface area (Å²) in [6.45, 7) is 4.65. The van der Waals surface area contributed by atoms with E-state index in [1.54, 1.807) is 20.8 Å². The first-order valence-corrected chi connectivity index (χ1v) is 12.6. The monoisotopic (exact) mass is 510 g/mol. The van der Waals surface area contributed by atoms with Crippen molar-refractivity contribution in [2.24, 2.45) is 0 Å². The van der Waals surface area contributed by atoms with Crippen LogP contribution in [0, 0.1) is 11.6 Å². The van der Waals surface area contributed by atoms with Gasteiger partial charge in [0.25, 0.3) is 0 Å². The molecule has 11 heteroatoms. The highest BCUT2D eigenvalue weighted by Crippen LogP contribution is 2.22. The van der Waals surface area contributed by atoms with Crippen LogP contribution in [0.2, 0.25) is 0 Å². The lowest BCUT2D eigenvalue weighted by atomic mass is 10.1. The summed E-state index contributed by atoms with van der Waals surface area (Å²) in [5.41, 5.74) is 0.661. The van der Waals surface area contributed by atoms with Crippen LogP contribution in [0.4, 0.5) is 14.5 Å². The zero-order valence-electron chi connectivity index (χ0n) is 20.5. The molecule has 0 aliphatic heterocycles. The van der Waals surface area contributed by atoms with Crippen LogP contribution < -0.4 is 9.62 Å². The van der Waals surface area contributed by atoms with Crippen LogP contribution in [0.1, 0.15) is 32.8 Å². The number of amides is 2. The molecule has 0 aromatic heterocycles. The summed E-state index contributed by atoms with van der Waals surface area (Å²) in [7, 11) is -1.50. The maximum Gasteiger partial charge on any atom is 0.304 e. The van der Waals surface area contributed by atoms with Crippen molar-refractivity contribution < 1.29 is 26.8 Å². The van der Waals surface area contributed by atoms with Gasteiger partial charge in [-0.05, 0) is 62.2 Å². The molecule has 8 nitrogen and oxygen atoms in total. The van der Waals surface area contributed by atoms with Crippen LogP contribution >= 0.6 is 0 Å². The first-order chi connectivity index (χ1) is 16.4. The highest BCUT2D eigenvalue weighted by atomic mass is 32.2. The molecule has 0 spiro atoms. The Morgan fingerprint density at radius 1 is 0.943 bits per heavy atom. The zero-order chi connectivity index (χ0) is 26.3. The summed E-state index contributed by atoms with van der Waals surface area (Å²) >= 11 is 0. The molecule has 0 bridgehead atoms. The Kier molecular flexibility index (Phi) is 9.73. The number of hydrogen-bond donors (Lipinski definition) is 1. The van der Waals surface area contributed by atoms with Crippen molar-refractivity contribution in [1.29, 1.82) is 0 Å². The molecule has 2 amide bonds. The lowest BCUT2D eigenvalue weighted by Gasteiger charge is -2.34. The van der Waals surface area contributed by atoms with Crippen molar-refractivity contribution >= 4 is 27.7 Å². The maximum absolute atomic E-state index is 13.6. The number of rotatable bonds is 11. The van der Waals surface area contributed by atoms with Crippen LogP contribution in [0.5, 0.6) is 0 Å². The van der Waals surface area contributed by atoms with E-state index in [9.17, 15) is 26.8 Å². The Bertz CT molecular complexity index is 1110. The number of anilines is 1. The van der Waals surface area contributed by atoms with Crippen LogP contribution in [-0.4, -0.2) is 62.2 Å². The van der Waals surface area contributed by atoms with E-state index in [2.05, 4.69) is 5.32 Å². The van der Waals surface area contributed by atoms with Crippen molar-refractivity contribution in [1.82, 2.24) is 14.5 Å². The molecule has 1 N–H and O–H groups in total. The molecular weight excluding hydrogens is 478 g/mol. The van der Waals surface area contributed by atoms with E-state index in [-0.39, 0.29) is 30.6 Å². The number of carbonyl (C=O) groups excluding carboxylic acids is 2. The second-order valence-electron chi connectivity index (χ2n) is 8.51. The Balaban J connectivity index is 2.48. The summed E-state index contributed by atoms with van der Waals surface area (Å²) in [5.74, 6) is -2.04. The minimum atomic E-state index is -4.14. The number of benzene rings is 2. The van der Waals surface area contributed by atoms with Crippen molar-refractivity contribution in [3.05, 3.63) is 65.7 Å². The van der Waals surface area contributed by atoms with Gasteiger partial charge in [-0.1, -0.05) is 19.1 Å². The quantitative estimate of drug-likeness (QED) is 0.503. The average Bonchev–Trinajstić information content (AvgIpc) is 2.78. The molecule has 0 saturated heterocycles. The van der Waals surface area contributed by atoms with E-state index in [0.29, 0.717) is 5.56 Å². The molecule has 2 aromatic carbocycles. The third-order valence-corrected chi connectivity index (χ3v) is 7.04. The van der Waals surface area contributed by atoms with Gasteiger partial charge < -0.3 is 10.2 Å². The predicted molar refractivity (Wildman–Crippen MR) is 131 cm³/mol. The molecule has 1 atom stereocenters. The minimum absolute atomic E-state index is 0.0393. The molecule has 35 heavy (non-hydrogen) atoms. The van der Waals surface area contributed by atoms with Gasteiger partial charge in [0.2, 0.25) is 11.8 Å². The number of halogens is 2. The minimum Gasteiger partial charge on any atom is -0.352 e. The van der Waals surface area contributed by atoms with Crippen LogP contribution in [0.15, 0.2) is 48.5 Å². The lowest BCUT2D eigenvalue weighted by molar-refractivity contribution is -0.140. The van der Waals surface area contributed by atoms with Gasteiger partial charge in [0.15, 0.2) is 0 Å². The molecule has 1 unspecified atom stereocenters. The second kappa shape index (κ2) is 12.1. The van der Waals surface area contributed by atoms with Gasteiger partial charge in [0.05, 0.1) is 5.69 Å². The summed E-state index contributed by atoms with van der Waals surface area (Å²) in [6, 6.07) is 9.12. The van der Waals surface area contributed by atoms with E-state index < -0.39 is 40.3 Å². The van der Waals surface area contributed by atoms with Crippen LogP contribution in [0.3, 0.4) is 0 Å². The lowest BCUT2D eigenvalue weighted by Crippen LogP contribution is -2.54. The maximum atomic E-state index is 13.6. The van der Waals surface area contributed by atoms with E-state index in [4.69, 9.17) is 0 Å². The molecule has 0 saturated carbocycles. The molecule has 2 rings (SSSR count). The van der Waals surface area contributed by atoms with E-state index in [1.165, 1.54) is 55.4 Å². The zero-order valence-corrected chi connectivity index (χ0v) is 21.4. The Morgan fingerprint density at radius 2 is 1.46 bits per heavy atom. The van der Waals surface area contributed by atoms with Crippen molar-refractivity contribution in [2.75, 3.05) is 24.9 Å². The van der Waals surface area contributed by atoms with Crippen molar-refractivity contribution in [3.63, 3.8) is 0 Å². The fourth-order valence-corrected chi connectivity index (χ4v) is 4.47. The van der Waals surface area contributed by atoms with Gasteiger partial charge >= 0.3 is 10.2 Å². The SMILES string of the molecule is CCC(C(=O)NC(C)C)N(Cc1ccc(F)cc1)C(=O)CN(c1ccc(F)cc1)S(=O)(=O)N(C)C. The Labute approximate surface area is 205 Å². The average molecular weight is 511 g/mol. The Morgan fingerprint density at radius 3 is 1.91 bits per heavy atom. The van der Waals surface area contributed by atoms with Gasteiger partial charge in [-0.2, -0.15) is 12.7 Å². The third-order valence-electron chi connectivity index (χ3n) is 5.22. The van der Waals surface area contributed by atoms with Crippen LogP contribution in [-0.2, 0) is 26.3 Å². The number of hydrogen-bond acceptors (Lipinski definition) is 4. The van der Waals surface area contributed by atoms with Gasteiger partial charge in [-0.3, -0.25) is 9.59 Å². The third kappa shape index (κ3) is 7.46.